The summed E-state index contributed by atoms with van der Waals surface area (Å²) in [5.74, 6) is -3.12. The van der Waals surface area contributed by atoms with Crippen LogP contribution in [-0.4, -0.2) is 94.1 Å². The van der Waals surface area contributed by atoms with Crippen molar-refractivity contribution in [2.75, 3.05) is 32.5 Å². The van der Waals surface area contributed by atoms with E-state index in [0.29, 0.717) is 18.5 Å². The number of ether oxygens (including phenoxy) is 4. The molecule has 5 rings (SSSR count). The van der Waals surface area contributed by atoms with E-state index >= 15 is 0 Å². The van der Waals surface area contributed by atoms with E-state index in [4.69, 9.17) is 33.7 Å². The Balaban J connectivity index is 1.52. The molecule has 3 aromatic rings. The molecule has 52 heavy (non-hydrogen) atoms. The third kappa shape index (κ3) is 8.54. The van der Waals surface area contributed by atoms with Crippen molar-refractivity contribution in [3.63, 3.8) is 0 Å². The van der Waals surface area contributed by atoms with E-state index < -0.39 is 74.1 Å². The van der Waals surface area contributed by atoms with Gasteiger partial charge in [-0.05, 0) is 44.7 Å². The molecule has 0 saturated carbocycles. The molecule has 0 amide bonds. The van der Waals surface area contributed by atoms with Crippen molar-refractivity contribution in [2.24, 2.45) is 11.8 Å². The second kappa shape index (κ2) is 16.0. The lowest BCUT2D eigenvalue weighted by Gasteiger charge is -2.31. The Bertz CT molecular complexity index is 1850. The van der Waals surface area contributed by atoms with Crippen LogP contribution in [0.1, 0.15) is 52.8 Å². The lowest BCUT2D eigenvalue weighted by Crippen LogP contribution is -2.50. The Morgan fingerprint density at radius 1 is 1.06 bits per heavy atom. The predicted molar refractivity (Wildman–Crippen MR) is 184 cm³/mol. The Hall–Kier alpha value is -4.59. The van der Waals surface area contributed by atoms with Crippen molar-refractivity contribution in [1.82, 2.24) is 24.6 Å². The molecular formula is C34H44N7O10P. The second-order valence-electron chi connectivity index (χ2n) is 13.4. The molecule has 0 bridgehead atoms. The highest BCUT2D eigenvalue weighted by molar-refractivity contribution is 7.52. The lowest BCUT2D eigenvalue weighted by molar-refractivity contribution is -0.173. The molecule has 2 aromatic heterocycles. The largest absolute Gasteiger partial charge is 0.460 e. The minimum Gasteiger partial charge on any atom is -0.460 e. The van der Waals surface area contributed by atoms with Crippen LogP contribution in [0.25, 0.3) is 5.52 Å². The van der Waals surface area contributed by atoms with Crippen LogP contribution in [0.2, 0.25) is 0 Å². The highest BCUT2D eigenvalue weighted by Gasteiger charge is 2.62. The number of fused-ring (bicyclic) bond motifs is 1. The SMILES string of the molecule is CC(C)C(=O)O[C@H]1[C@H](c2ccc3c(N)ncnn23)O[C@](C#N)(COP(=O)(NC(C)C(=O)O[C@@H]2CCN(C)C2)Oc2ccccc2)[C@H]1OC(=O)C(C)C. The summed E-state index contributed by atoms with van der Waals surface area (Å²) in [6.45, 7) is 8.30. The standard InChI is InChI=1S/C34H44N7O10P/c1-20(2)31(42)48-28-27(25-12-13-26-30(36)37-19-38-41(25)26)50-34(17-35,29(28)49-32(43)21(3)4)18-46-52(45,51-23-10-8-7-9-11-23)39-22(5)33(44)47-24-14-15-40(6)16-24/h7-13,19-22,24,27-29H,14-16,18H2,1-6H3,(H,39,45)(H2,36,37,38)/t22?,24-,27+,28+,29+,34-,52?/m1/s1. The van der Waals surface area contributed by atoms with Gasteiger partial charge in [0.2, 0.25) is 5.60 Å². The molecule has 4 heterocycles. The lowest BCUT2D eigenvalue weighted by atomic mass is 9.95. The van der Waals surface area contributed by atoms with Crippen LogP contribution >= 0.6 is 7.75 Å². The van der Waals surface area contributed by atoms with Crippen molar-refractivity contribution in [2.45, 2.75) is 77.1 Å². The maximum atomic E-state index is 14.5. The number of para-hydroxylation sites is 1. The van der Waals surface area contributed by atoms with Gasteiger partial charge in [-0.2, -0.15) is 15.4 Å². The summed E-state index contributed by atoms with van der Waals surface area (Å²) in [5.41, 5.74) is 4.50. The third-order valence-corrected chi connectivity index (χ3v) is 10.2. The summed E-state index contributed by atoms with van der Waals surface area (Å²) in [4.78, 5) is 45.5. The number of carbonyl (C=O) groups is 3. The van der Waals surface area contributed by atoms with E-state index in [1.54, 1.807) is 58.0 Å². The average Bonchev–Trinajstić information content (AvgIpc) is 3.80. The molecule has 3 N–H and O–H groups in total. The third-order valence-electron chi connectivity index (χ3n) is 8.58. The number of likely N-dealkylation sites (N-methyl/N-ethyl adjacent to an activating group) is 1. The van der Waals surface area contributed by atoms with E-state index in [1.165, 1.54) is 29.9 Å². The van der Waals surface area contributed by atoms with Gasteiger partial charge in [0, 0.05) is 13.1 Å². The molecule has 17 nitrogen and oxygen atoms in total. The number of hydrogen-bond acceptors (Lipinski definition) is 15. The van der Waals surface area contributed by atoms with Crippen molar-refractivity contribution < 1.29 is 46.9 Å². The smallest absolute Gasteiger partial charge is 0.459 e. The maximum absolute atomic E-state index is 14.5. The van der Waals surface area contributed by atoms with Gasteiger partial charge < -0.3 is 34.1 Å². The molecule has 1 aromatic carbocycles. The Kier molecular flexibility index (Phi) is 11.9. The van der Waals surface area contributed by atoms with Gasteiger partial charge in [-0.1, -0.05) is 45.9 Å². The van der Waals surface area contributed by atoms with Crippen LogP contribution in [0.3, 0.4) is 0 Å². The number of anilines is 1. The zero-order valence-electron chi connectivity index (χ0n) is 29.8. The molecule has 2 aliphatic rings. The van der Waals surface area contributed by atoms with Crippen LogP contribution in [-0.2, 0) is 42.4 Å². The molecule has 0 radical (unpaired) electrons. The fourth-order valence-corrected chi connectivity index (χ4v) is 7.22. The van der Waals surface area contributed by atoms with E-state index in [0.717, 1.165) is 6.54 Å². The summed E-state index contributed by atoms with van der Waals surface area (Å²) in [6.07, 6.45) is -2.81. The predicted octanol–water partition coefficient (Wildman–Crippen LogP) is 3.21. The average molecular weight is 742 g/mol. The van der Waals surface area contributed by atoms with Gasteiger partial charge in [-0.25, -0.2) is 14.1 Å². The first kappa shape index (κ1) is 38.6. The normalized spacial score (nSPS) is 25.1. The first-order valence-corrected chi connectivity index (χ1v) is 18.4. The number of nitrogens with two attached hydrogens (primary N) is 1. The number of aromatic nitrogens is 3. The number of esters is 3. The highest BCUT2D eigenvalue weighted by atomic mass is 31.2. The van der Waals surface area contributed by atoms with Gasteiger partial charge >= 0.3 is 25.7 Å². The Labute approximate surface area is 301 Å². The highest BCUT2D eigenvalue weighted by Crippen LogP contribution is 2.50. The van der Waals surface area contributed by atoms with Crippen molar-refractivity contribution in [1.29, 1.82) is 5.26 Å². The topological polar surface area (TPSA) is 219 Å². The monoisotopic (exact) mass is 741 g/mol. The van der Waals surface area contributed by atoms with Crippen molar-refractivity contribution in [3.05, 3.63) is 54.5 Å². The number of nitrogen functional groups attached to an aromatic ring is 1. The van der Waals surface area contributed by atoms with E-state index in [-0.39, 0.29) is 23.4 Å². The van der Waals surface area contributed by atoms with Gasteiger partial charge in [-0.3, -0.25) is 18.9 Å². The van der Waals surface area contributed by atoms with Crippen LogP contribution in [0.4, 0.5) is 5.82 Å². The molecule has 2 fully saturated rings. The van der Waals surface area contributed by atoms with E-state index in [9.17, 15) is 24.2 Å². The Morgan fingerprint density at radius 2 is 1.75 bits per heavy atom. The number of likely N-dealkylation sites (tertiary alicyclic amines) is 1. The molecular weight excluding hydrogens is 697 g/mol. The molecule has 7 atom stereocenters. The van der Waals surface area contributed by atoms with E-state index in [1.807, 2.05) is 18.0 Å². The van der Waals surface area contributed by atoms with Crippen LogP contribution in [0.5, 0.6) is 5.75 Å². The minimum absolute atomic E-state index is 0.121. The zero-order valence-corrected chi connectivity index (χ0v) is 30.7. The molecule has 0 aliphatic carbocycles. The number of hydrogen-bond donors (Lipinski definition) is 2. The number of nitrogens with one attached hydrogen (secondary N) is 1. The molecule has 0 spiro atoms. The quantitative estimate of drug-likeness (QED) is 0.138. The number of carbonyl (C=O) groups excluding carboxylic acids is 3. The van der Waals surface area contributed by atoms with Crippen molar-refractivity contribution >= 4 is 37.0 Å². The Morgan fingerprint density at radius 3 is 2.38 bits per heavy atom. The molecule has 18 heteroatoms. The molecule has 2 aliphatic heterocycles. The number of nitrogens with zero attached hydrogens (tertiary/aromatic N) is 5. The van der Waals surface area contributed by atoms with Crippen LogP contribution < -0.4 is 15.3 Å². The summed E-state index contributed by atoms with van der Waals surface area (Å²) >= 11 is 0. The fraction of sp³-hybridized carbons (Fsp3) is 0.529. The van der Waals surface area contributed by atoms with Gasteiger partial charge in [-0.15, -0.1) is 0 Å². The first-order chi connectivity index (χ1) is 24.6. The van der Waals surface area contributed by atoms with Gasteiger partial charge in [0.25, 0.3) is 0 Å². The molecule has 280 valence electrons. The number of rotatable bonds is 14. The van der Waals surface area contributed by atoms with Gasteiger partial charge in [0.15, 0.2) is 18.0 Å². The van der Waals surface area contributed by atoms with Crippen LogP contribution in [0, 0.1) is 23.2 Å². The summed E-state index contributed by atoms with van der Waals surface area (Å²) in [5, 5.41) is 17.7. The summed E-state index contributed by atoms with van der Waals surface area (Å²) in [7, 11) is -2.66. The molecule has 2 saturated heterocycles. The fourth-order valence-electron chi connectivity index (χ4n) is 5.70. The zero-order chi connectivity index (χ0) is 37.8. The van der Waals surface area contributed by atoms with Gasteiger partial charge in [0.05, 0.1) is 17.5 Å². The van der Waals surface area contributed by atoms with Gasteiger partial charge in [0.1, 0.15) is 48.5 Å². The number of nitriles is 1. The van der Waals surface area contributed by atoms with E-state index in [2.05, 4.69) is 15.2 Å². The first-order valence-electron chi connectivity index (χ1n) is 16.9. The second-order valence-corrected chi connectivity index (χ2v) is 15.1. The maximum Gasteiger partial charge on any atom is 0.459 e. The summed E-state index contributed by atoms with van der Waals surface area (Å²) < 4.78 is 51.5. The van der Waals surface area contributed by atoms with Crippen molar-refractivity contribution in [3.8, 4) is 11.8 Å². The molecule has 2 unspecified atom stereocenters. The number of benzene rings is 1. The minimum atomic E-state index is -4.57. The summed E-state index contributed by atoms with van der Waals surface area (Å²) in [6, 6.07) is 12.1. The van der Waals surface area contributed by atoms with Crippen LogP contribution in [0.15, 0.2) is 48.8 Å².